The van der Waals surface area contributed by atoms with Gasteiger partial charge in [0.25, 0.3) is 5.91 Å². The lowest BCUT2D eigenvalue weighted by atomic mass is 10.2. The lowest BCUT2D eigenvalue weighted by molar-refractivity contribution is -0.117. The molecule has 0 atom stereocenters. The van der Waals surface area contributed by atoms with Gasteiger partial charge in [-0.2, -0.15) is 0 Å². The average molecular weight is 178 g/mol. The number of hydrogen-bond acceptors (Lipinski definition) is 3. The Balaban J connectivity index is 2.28. The van der Waals surface area contributed by atoms with Crippen molar-refractivity contribution in [2.24, 2.45) is 10.2 Å². The van der Waals surface area contributed by atoms with Gasteiger partial charge < -0.3 is 0 Å². The third kappa shape index (κ3) is 1.33. The second-order valence-electron chi connectivity index (χ2n) is 2.36. The molecular formula is C8H6N2OS. The van der Waals surface area contributed by atoms with Gasteiger partial charge >= 0.3 is 0 Å². The SMILES string of the molecule is O=C1CC=C(c2cccs2)N=N1. The molecule has 3 nitrogen and oxygen atoms in total. The van der Waals surface area contributed by atoms with E-state index in [9.17, 15) is 4.79 Å². The summed E-state index contributed by atoms with van der Waals surface area (Å²) in [6.45, 7) is 0. The van der Waals surface area contributed by atoms with E-state index < -0.39 is 0 Å². The Kier molecular flexibility index (Phi) is 1.83. The van der Waals surface area contributed by atoms with Crippen LogP contribution in [0.25, 0.3) is 5.70 Å². The Morgan fingerprint density at radius 3 is 2.92 bits per heavy atom. The van der Waals surface area contributed by atoms with Crippen LogP contribution in [0.2, 0.25) is 0 Å². The van der Waals surface area contributed by atoms with Crippen molar-refractivity contribution in [2.45, 2.75) is 6.42 Å². The van der Waals surface area contributed by atoms with Crippen LogP contribution in [-0.4, -0.2) is 5.91 Å². The molecule has 0 fully saturated rings. The largest absolute Gasteiger partial charge is 0.271 e. The molecule has 1 aromatic heterocycles. The molecule has 0 N–H and O–H groups in total. The fourth-order valence-electron chi connectivity index (χ4n) is 0.949. The monoisotopic (exact) mass is 178 g/mol. The molecule has 12 heavy (non-hydrogen) atoms. The lowest BCUT2D eigenvalue weighted by Gasteiger charge is -1.99. The molecule has 2 heterocycles. The maximum absolute atomic E-state index is 10.7. The molecule has 1 aliphatic rings. The van der Waals surface area contributed by atoms with Gasteiger partial charge in [-0.1, -0.05) is 6.07 Å². The predicted molar refractivity (Wildman–Crippen MR) is 46.8 cm³/mol. The molecule has 1 aromatic rings. The Morgan fingerprint density at radius 1 is 1.42 bits per heavy atom. The van der Waals surface area contributed by atoms with Crippen molar-refractivity contribution in [3.05, 3.63) is 28.5 Å². The number of carbonyl (C=O) groups excluding carboxylic acids is 1. The van der Waals surface area contributed by atoms with Crippen molar-refractivity contribution in [3.8, 4) is 0 Å². The number of azo groups is 1. The van der Waals surface area contributed by atoms with Crippen LogP contribution in [-0.2, 0) is 4.79 Å². The first-order chi connectivity index (χ1) is 5.86. The minimum absolute atomic E-state index is 0.171. The fraction of sp³-hybridized carbons (Fsp3) is 0.125. The highest BCUT2D eigenvalue weighted by Crippen LogP contribution is 2.24. The smallest absolute Gasteiger partial charge is 0.268 e. The molecule has 0 bridgehead atoms. The molecule has 1 aliphatic heterocycles. The maximum Gasteiger partial charge on any atom is 0.268 e. The van der Waals surface area contributed by atoms with E-state index in [1.54, 1.807) is 17.4 Å². The van der Waals surface area contributed by atoms with Crippen molar-refractivity contribution in [1.29, 1.82) is 0 Å². The van der Waals surface area contributed by atoms with Gasteiger partial charge in [0.1, 0.15) is 0 Å². The van der Waals surface area contributed by atoms with E-state index in [-0.39, 0.29) is 5.91 Å². The van der Waals surface area contributed by atoms with Gasteiger partial charge in [0.15, 0.2) is 0 Å². The van der Waals surface area contributed by atoms with Gasteiger partial charge in [0.05, 0.1) is 17.0 Å². The molecule has 0 aliphatic carbocycles. The highest BCUT2D eigenvalue weighted by molar-refractivity contribution is 7.11. The second kappa shape index (κ2) is 2.98. The number of thiophene rings is 1. The second-order valence-corrected chi connectivity index (χ2v) is 3.31. The lowest BCUT2D eigenvalue weighted by Crippen LogP contribution is -1.94. The van der Waals surface area contributed by atoms with Crippen molar-refractivity contribution in [3.63, 3.8) is 0 Å². The molecule has 60 valence electrons. The summed E-state index contributed by atoms with van der Waals surface area (Å²) in [6, 6.07) is 3.91. The summed E-state index contributed by atoms with van der Waals surface area (Å²) in [6.07, 6.45) is 2.18. The van der Waals surface area contributed by atoms with Crippen LogP contribution in [0.4, 0.5) is 0 Å². The van der Waals surface area contributed by atoms with E-state index in [4.69, 9.17) is 0 Å². The molecule has 2 rings (SSSR count). The fourth-order valence-corrected chi connectivity index (χ4v) is 1.66. The highest BCUT2D eigenvalue weighted by atomic mass is 32.1. The summed E-state index contributed by atoms with van der Waals surface area (Å²) in [5.41, 5.74) is 0.810. The van der Waals surface area contributed by atoms with Gasteiger partial charge in [0, 0.05) is 0 Å². The van der Waals surface area contributed by atoms with Crippen LogP contribution in [0.1, 0.15) is 11.3 Å². The summed E-state index contributed by atoms with van der Waals surface area (Å²) in [5.74, 6) is -0.171. The van der Waals surface area contributed by atoms with Crippen LogP contribution in [0.3, 0.4) is 0 Å². The Bertz CT molecular complexity index is 351. The molecule has 0 saturated heterocycles. The summed E-state index contributed by atoms with van der Waals surface area (Å²) in [4.78, 5) is 11.7. The van der Waals surface area contributed by atoms with Crippen molar-refractivity contribution >= 4 is 22.9 Å². The molecule has 1 amide bonds. The van der Waals surface area contributed by atoms with E-state index in [0.717, 1.165) is 10.6 Å². The van der Waals surface area contributed by atoms with E-state index in [2.05, 4.69) is 10.2 Å². The van der Waals surface area contributed by atoms with Gasteiger partial charge in [-0.25, -0.2) is 0 Å². The Labute approximate surface area is 73.4 Å². The summed E-state index contributed by atoms with van der Waals surface area (Å²) in [7, 11) is 0. The Morgan fingerprint density at radius 2 is 2.33 bits per heavy atom. The summed E-state index contributed by atoms with van der Waals surface area (Å²) in [5, 5.41) is 9.27. The first kappa shape index (κ1) is 7.36. The number of carbonyl (C=O) groups is 1. The molecule has 0 spiro atoms. The van der Waals surface area contributed by atoms with Gasteiger partial charge in [-0.3, -0.25) is 4.79 Å². The number of hydrogen-bond donors (Lipinski definition) is 0. The van der Waals surface area contributed by atoms with Gasteiger partial charge in [-0.05, 0) is 17.5 Å². The van der Waals surface area contributed by atoms with Crippen LogP contribution in [0.15, 0.2) is 33.8 Å². The number of rotatable bonds is 1. The topological polar surface area (TPSA) is 41.8 Å². The van der Waals surface area contributed by atoms with Crippen molar-refractivity contribution in [1.82, 2.24) is 0 Å². The van der Waals surface area contributed by atoms with E-state index >= 15 is 0 Å². The number of amides is 1. The normalized spacial score (nSPS) is 16.3. The van der Waals surface area contributed by atoms with Crippen LogP contribution >= 0.6 is 11.3 Å². The molecule has 0 radical (unpaired) electrons. The average Bonchev–Trinajstić information content (AvgIpc) is 2.58. The quantitative estimate of drug-likeness (QED) is 0.651. The van der Waals surface area contributed by atoms with Gasteiger partial charge in [-0.15, -0.1) is 21.6 Å². The van der Waals surface area contributed by atoms with Crippen molar-refractivity contribution in [2.75, 3.05) is 0 Å². The zero-order valence-corrected chi connectivity index (χ0v) is 7.04. The highest BCUT2D eigenvalue weighted by Gasteiger charge is 2.08. The molecule has 4 heteroatoms. The molecule has 0 saturated carbocycles. The van der Waals surface area contributed by atoms with E-state index in [0.29, 0.717) is 6.42 Å². The van der Waals surface area contributed by atoms with E-state index in [1.807, 2.05) is 17.5 Å². The zero-order valence-electron chi connectivity index (χ0n) is 6.23. The maximum atomic E-state index is 10.7. The first-order valence-electron chi connectivity index (χ1n) is 3.55. The summed E-state index contributed by atoms with van der Waals surface area (Å²) >= 11 is 1.60. The van der Waals surface area contributed by atoms with Crippen LogP contribution in [0, 0.1) is 0 Å². The van der Waals surface area contributed by atoms with E-state index in [1.165, 1.54) is 0 Å². The van der Waals surface area contributed by atoms with Gasteiger partial charge in [0.2, 0.25) is 0 Å². The third-order valence-corrected chi connectivity index (χ3v) is 2.41. The molecular weight excluding hydrogens is 172 g/mol. The molecule has 0 aromatic carbocycles. The van der Waals surface area contributed by atoms with Crippen molar-refractivity contribution < 1.29 is 4.79 Å². The third-order valence-electron chi connectivity index (χ3n) is 1.51. The minimum atomic E-state index is -0.171. The standard InChI is InChI=1S/C8H6N2OS/c11-8-4-3-6(9-10-8)7-2-1-5-12-7/h1-3,5H,4H2. The molecule has 0 unspecified atom stereocenters. The predicted octanol–water partition coefficient (Wildman–Crippen LogP) is 2.47. The first-order valence-corrected chi connectivity index (χ1v) is 4.43. The Hall–Kier alpha value is -1.29. The van der Waals surface area contributed by atoms with Crippen LogP contribution in [0.5, 0.6) is 0 Å². The summed E-state index contributed by atoms with van der Waals surface area (Å²) < 4.78 is 0. The zero-order chi connectivity index (χ0) is 8.39. The van der Waals surface area contributed by atoms with Crippen LogP contribution < -0.4 is 0 Å². The number of nitrogens with zero attached hydrogens (tertiary/aromatic N) is 2. The minimum Gasteiger partial charge on any atom is -0.271 e.